The Hall–Kier alpha value is -6.77. The molecule has 3 nitrogen and oxygen atoms in total. The summed E-state index contributed by atoms with van der Waals surface area (Å²) in [4.78, 5) is 16.2. The molecule has 0 radical (unpaired) electrons. The minimum absolute atomic E-state index is 0.140. The minimum Gasteiger partial charge on any atom is -0.292 e. The number of Topliss-reactive ketones (excluding diaryl/α,β-unsaturated/α-hetero) is 1. The molecule has 0 atom stereocenters. The number of hydrogen-bond acceptors (Lipinski definition) is 2. The molecule has 0 unspecified atom stereocenters. The van der Waals surface area contributed by atoms with E-state index in [1.807, 2.05) is 35.2 Å². The third-order valence-electron chi connectivity index (χ3n) is 11.7. The molecule has 1 aromatic heterocycles. The standard InChI is InChI=1S/C32H12BF24.C17H21N2O/c34-25(35,36)13-1-14(26(37,38)39)6-21(5-13)33(22-7-15(27(40,41)42)2-16(8-22)28(43,44)45,23-9-17(29(46,47)48)3-18(10-23)30(49,50)51)24-11-19(31(52,53)54)4-20(12-24)32(55,56)57;1-2-3-5-10-17(20)16-14-19(12-11-18-16)13-15-8-6-4-7-9-15/h1-12H;4,6-9,11-12,14H,2-3,5,10,13H2,1H3/q-1;+1. The average molecular weight is 1130 g/mol. The van der Waals surface area contributed by atoms with Crippen LogP contribution in [-0.4, -0.2) is 16.9 Å². The van der Waals surface area contributed by atoms with Crippen molar-refractivity contribution in [2.45, 2.75) is 88.6 Å². The largest absolute Gasteiger partial charge is 0.416 e. The van der Waals surface area contributed by atoms with Crippen LogP contribution in [0.5, 0.6) is 0 Å². The lowest BCUT2D eigenvalue weighted by molar-refractivity contribution is -0.689. The molecular formula is C49H33BF24N2O. The van der Waals surface area contributed by atoms with Crippen LogP contribution in [0.1, 0.15) is 93.2 Å². The number of carbonyl (C=O) groups excluding carboxylic acids is 1. The SMILES string of the molecule is CCCCCC(=O)c1c[n+](Cc2ccccc2)ccn1.FC(F)(F)c1cc([B-](c2cc(C(F)(F)F)cc(C(F)(F)F)c2)(c2cc(C(F)(F)F)cc(C(F)(F)F)c2)c2cc(C(F)(F)F)cc(C(F)(F)F)c2)cc(C(F)(F)F)c1. The zero-order chi connectivity index (χ0) is 58.1. The van der Waals surface area contributed by atoms with Crippen molar-refractivity contribution in [3.05, 3.63) is 177 Å². The molecule has 0 N–H and O–H groups in total. The Kier molecular flexibility index (Phi) is 17.4. The topological polar surface area (TPSA) is 33.8 Å². The van der Waals surface area contributed by atoms with Gasteiger partial charge in [0.2, 0.25) is 0 Å². The van der Waals surface area contributed by atoms with Crippen molar-refractivity contribution in [3.8, 4) is 0 Å². The van der Waals surface area contributed by atoms with Gasteiger partial charge >= 0.3 is 49.4 Å². The maximum Gasteiger partial charge on any atom is 0.416 e. The van der Waals surface area contributed by atoms with Gasteiger partial charge in [0, 0.05) is 12.0 Å². The van der Waals surface area contributed by atoms with E-state index in [9.17, 15) is 110 Å². The molecule has 6 aromatic rings. The van der Waals surface area contributed by atoms with Gasteiger partial charge in [0.05, 0.1) is 50.7 Å². The van der Waals surface area contributed by atoms with Gasteiger partial charge in [-0.05, 0) is 30.7 Å². The highest BCUT2D eigenvalue weighted by atomic mass is 19.4. The zero-order valence-electron chi connectivity index (χ0n) is 38.5. The van der Waals surface area contributed by atoms with E-state index in [-0.39, 0.29) is 5.78 Å². The van der Waals surface area contributed by atoms with E-state index in [0.717, 1.165) is 25.8 Å². The van der Waals surface area contributed by atoms with Gasteiger partial charge in [-0.1, -0.05) is 98.6 Å². The number of hydrogen-bond donors (Lipinski definition) is 0. The van der Waals surface area contributed by atoms with E-state index in [1.54, 1.807) is 6.20 Å². The molecule has 0 spiro atoms. The molecule has 0 amide bonds. The molecule has 0 aliphatic rings. The van der Waals surface area contributed by atoms with Gasteiger partial charge in [0.15, 0.2) is 30.4 Å². The summed E-state index contributed by atoms with van der Waals surface area (Å²) in [7, 11) is 0. The number of ketones is 1. The van der Waals surface area contributed by atoms with Crippen LogP contribution in [0.4, 0.5) is 105 Å². The van der Waals surface area contributed by atoms with Gasteiger partial charge in [-0.3, -0.25) is 4.79 Å². The average Bonchev–Trinajstić information content (AvgIpc) is 3.30. The van der Waals surface area contributed by atoms with E-state index in [2.05, 4.69) is 24.0 Å². The molecule has 0 saturated heterocycles. The molecular weight excluding hydrogens is 1100 g/mol. The van der Waals surface area contributed by atoms with Crippen molar-refractivity contribution in [2.75, 3.05) is 0 Å². The van der Waals surface area contributed by atoms with Crippen molar-refractivity contribution in [2.24, 2.45) is 0 Å². The van der Waals surface area contributed by atoms with Gasteiger partial charge < -0.3 is 0 Å². The van der Waals surface area contributed by atoms with Crippen LogP contribution in [0.15, 0.2) is 122 Å². The van der Waals surface area contributed by atoms with E-state index in [1.165, 1.54) is 5.56 Å². The molecule has 28 heteroatoms. The number of nitrogens with zero attached hydrogens (tertiary/aromatic N) is 2. The molecule has 77 heavy (non-hydrogen) atoms. The highest BCUT2D eigenvalue weighted by Crippen LogP contribution is 2.41. The second-order valence-electron chi connectivity index (χ2n) is 17.2. The van der Waals surface area contributed by atoms with Gasteiger partial charge in [-0.15, -0.1) is 0 Å². The molecule has 6 rings (SSSR count). The molecule has 1 heterocycles. The quantitative estimate of drug-likeness (QED) is 0.0426. The lowest BCUT2D eigenvalue weighted by atomic mass is 9.12. The van der Waals surface area contributed by atoms with Crippen LogP contribution in [0.25, 0.3) is 0 Å². The van der Waals surface area contributed by atoms with Crippen LogP contribution in [0.2, 0.25) is 0 Å². The summed E-state index contributed by atoms with van der Waals surface area (Å²) in [5, 5.41) is 0. The van der Waals surface area contributed by atoms with Crippen LogP contribution >= 0.6 is 0 Å². The second-order valence-corrected chi connectivity index (χ2v) is 17.2. The highest BCUT2D eigenvalue weighted by Gasteiger charge is 2.47. The van der Waals surface area contributed by atoms with Crippen molar-refractivity contribution in [1.82, 2.24) is 4.98 Å². The second kappa shape index (κ2) is 21.9. The Bertz CT molecular complexity index is 2600. The summed E-state index contributed by atoms with van der Waals surface area (Å²) in [6.07, 6.45) is -45.6. The van der Waals surface area contributed by atoms with Crippen LogP contribution in [0, 0.1) is 0 Å². The summed E-state index contributed by atoms with van der Waals surface area (Å²) in [5.74, 6) is 0.140. The van der Waals surface area contributed by atoms with Crippen molar-refractivity contribution < 1.29 is 115 Å². The fraction of sp³-hybridized carbons (Fsp3) is 0.286. The zero-order valence-corrected chi connectivity index (χ0v) is 38.5. The van der Waals surface area contributed by atoms with E-state index >= 15 is 0 Å². The predicted octanol–water partition coefficient (Wildman–Crippen LogP) is 14.4. The normalized spacial score (nSPS) is 13.3. The Morgan fingerprint density at radius 3 is 0.974 bits per heavy atom. The number of unbranched alkanes of at least 4 members (excludes halogenated alkanes) is 2. The van der Waals surface area contributed by atoms with Gasteiger partial charge in [0.25, 0.3) is 0 Å². The Morgan fingerprint density at radius 1 is 0.429 bits per heavy atom. The highest BCUT2D eigenvalue weighted by molar-refractivity contribution is 7.20. The first kappa shape index (κ1) is 61.1. The third-order valence-corrected chi connectivity index (χ3v) is 11.7. The number of aromatic nitrogens is 2. The van der Waals surface area contributed by atoms with Crippen molar-refractivity contribution >= 4 is 33.8 Å². The van der Waals surface area contributed by atoms with Gasteiger partial charge in [-0.2, -0.15) is 132 Å². The molecule has 0 aliphatic heterocycles. The lowest BCUT2D eigenvalue weighted by Crippen LogP contribution is -2.75. The fourth-order valence-electron chi connectivity index (χ4n) is 8.20. The monoisotopic (exact) mass is 1130 g/mol. The van der Waals surface area contributed by atoms with E-state index in [0.29, 0.717) is 12.1 Å². The van der Waals surface area contributed by atoms with Crippen LogP contribution in [0.3, 0.4) is 0 Å². The number of carbonyl (C=O) groups is 1. The number of benzene rings is 5. The van der Waals surface area contributed by atoms with E-state index < -0.39 is 195 Å². The first-order valence-corrected chi connectivity index (χ1v) is 21.8. The summed E-state index contributed by atoms with van der Waals surface area (Å²) in [6.45, 7) is 2.90. The first-order chi connectivity index (χ1) is 35.1. The molecule has 0 aliphatic carbocycles. The van der Waals surface area contributed by atoms with Gasteiger partial charge in [-0.25, -0.2) is 4.98 Å². The smallest absolute Gasteiger partial charge is 0.292 e. The lowest BCUT2D eigenvalue weighted by Gasteiger charge is -2.46. The number of alkyl halides is 24. The Labute approximate surface area is 419 Å². The fourth-order valence-corrected chi connectivity index (χ4v) is 8.20. The third kappa shape index (κ3) is 15.0. The maximum atomic E-state index is 14.2. The summed E-state index contributed by atoms with van der Waals surface area (Å²) in [5.41, 5.74) is -28.4. The summed E-state index contributed by atoms with van der Waals surface area (Å²) in [6, 6.07) is 1.40. The number of halogens is 24. The molecule has 416 valence electrons. The predicted molar refractivity (Wildman–Crippen MR) is 229 cm³/mol. The first-order valence-electron chi connectivity index (χ1n) is 21.8. The maximum absolute atomic E-state index is 14.2. The van der Waals surface area contributed by atoms with Crippen molar-refractivity contribution in [3.63, 3.8) is 0 Å². The van der Waals surface area contributed by atoms with Crippen LogP contribution < -0.4 is 26.4 Å². The van der Waals surface area contributed by atoms with Crippen molar-refractivity contribution in [1.29, 1.82) is 0 Å². The number of rotatable bonds is 11. The summed E-state index contributed by atoms with van der Waals surface area (Å²) < 4.78 is 343. The minimum atomic E-state index is -6.13. The molecule has 0 bridgehead atoms. The molecule has 0 saturated carbocycles. The summed E-state index contributed by atoms with van der Waals surface area (Å²) >= 11 is 0. The van der Waals surface area contributed by atoms with Crippen LogP contribution in [-0.2, 0) is 56.0 Å². The molecule has 5 aromatic carbocycles. The van der Waals surface area contributed by atoms with E-state index in [4.69, 9.17) is 0 Å². The Balaban J connectivity index is 0.000000455. The molecule has 0 fully saturated rings. The van der Waals surface area contributed by atoms with Gasteiger partial charge in [0.1, 0.15) is 6.15 Å². The Morgan fingerprint density at radius 2 is 0.714 bits per heavy atom.